The van der Waals surface area contributed by atoms with Crippen LogP contribution in [0, 0.1) is 5.92 Å². The first-order chi connectivity index (χ1) is 10.7. The minimum Gasteiger partial charge on any atom is -0.497 e. The van der Waals surface area contributed by atoms with Crippen molar-refractivity contribution < 1.29 is 14.3 Å². The maximum absolute atomic E-state index is 12.6. The Morgan fingerprint density at radius 2 is 2.32 bits per heavy atom. The molecule has 5 heteroatoms. The van der Waals surface area contributed by atoms with Crippen LogP contribution < -0.4 is 9.47 Å². The highest BCUT2D eigenvalue weighted by molar-refractivity contribution is 7.07. The maximum Gasteiger partial charge on any atom is 0.229 e. The lowest BCUT2D eigenvalue weighted by atomic mass is 9.95. The van der Waals surface area contributed by atoms with Gasteiger partial charge in [-0.25, -0.2) is 0 Å². The van der Waals surface area contributed by atoms with Crippen molar-refractivity contribution in [1.29, 1.82) is 0 Å². The number of benzene rings is 1. The van der Waals surface area contributed by atoms with E-state index in [9.17, 15) is 4.79 Å². The van der Waals surface area contributed by atoms with Gasteiger partial charge in [0.2, 0.25) is 5.91 Å². The number of hydrogen-bond donors (Lipinski definition) is 0. The summed E-state index contributed by atoms with van der Waals surface area (Å²) in [5.74, 6) is 1.61. The zero-order valence-corrected chi connectivity index (χ0v) is 13.6. The summed E-state index contributed by atoms with van der Waals surface area (Å²) in [6, 6.07) is 7.81. The minimum absolute atomic E-state index is 0.121. The van der Waals surface area contributed by atoms with Crippen LogP contribution in [0.2, 0.25) is 0 Å². The van der Waals surface area contributed by atoms with Gasteiger partial charge in [-0.2, -0.15) is 11.3 Å². The zero-order chi connectivity index (χ0) is 15.5. The number of amides is 1. The van der Waals surface area contributed by atoms with Crippen LogP contribution in [-0.2, 0) is 17.8 Å². The quantitative estimate of drug-likeness (QED) is 0.870. The maximum atomic E-state index is 12.6. The van der Waals surface area contributed by atoms with E-state index in [0.717, 1.165) is 17.1 Å². The van der Waals surface area contributed by atoms with Gasteiger partial charge in [0, 0.05) is 19.7 Å². The van der Waals surface area contributed by atoms with Crippen molar-refractivity contribution in [1.82, 2.24) is 4.90 Å². The van der Waals surface area contributed by atoms with Crippen molar-refractivity contribution in [2.45, 2.75) is 13.0 Å². The van der Waals surface area contributed by atoms with E-state index in [-0.39, 0.29) is 11.8 Å². The van der Waals surface area contributed by atoms with Gasteiger partial charge in [-0.3, -0.25) is 4.79 Å². The van der Waals surface area contributed by atoms with E-state index < -0.39 is 0 Å². The number of carbonyl (C=O) groups is 1. The van der Waals surface area contributed by atoms with E-state index in [2.05, 4.69) is 5.38 Å². The Morgan fingerprint density at radius 3 is 3.05 bits per heavy atom. The highest BCUT2D eigenvalue weighted by Gasteiger charge is 2.28. The Hall–Kier alpha value is -2.01. The van der Waals surface area contributed by atoms with Crippen molar-refractivity contribution in [3.05, 3.63) is 46.2 Å². The van der Waals surface area contributed by atoms with Crippen molar-refractivity contribution in [3.63, 3.8) is 0 Å². The van der Waals surface area contributed by atoms with Crippen molar-refractivity contribution >= 4 is 17.2 Å². The first-order valence-corrected chi connectivity index (χ1v) is 8.17. The fourth-order valence-electron chi connectivity index (χ4n) is 2.68. The molecular weight excluding hydrogens is 298 g/mol. The SMILES string of the molecule is COc1ccc2c(c1)OC[C@@H](C(=O)N(C)Cc1ccsc1)C2. The summed E-state index contributed by atoms with van der Waals surface area (Å²) >= 11 is 1.65. The molecule has 1 aromatic carbocycles. The molecule has 0 N–H and O–H groups in total. The van der Waals surface area contributed by atoms with Crippen LogP contribution in [0.5, 0.6) is 11.5 Å². The van der Waals surface area contributed by atoms with Gasteiger partial charge in [0.1, 0.15) is 18.1 Å². The minimum atomic E-state index is -0.121. The Kier molecular flexibility index (Phi) is 4.34. The smallest absolute Gasteiger partial charge is 0.229 e. The van der Waals surface area contributed by atoms with Gasteiger partial charge < -0.3 is 14.4 Å². The third-order valence-corrected chi connectivity index (χ3v) is 4.64. The lowest BCUT2D eigenvalue weighted by Crippen LogP contribution is -2.38. The van der Waals surface area contributed by atoms with E-state index in [1.54, 1.807) is 23.3 Å². The molecule has 0 bridgehead atoms. The Labute approximate surface area is 134 Å². The van der Waals surface area contributed by atoms with Crippen LogP contribution in [0.25, 0.3) is 0 Å². The fourth-order valence-corrected chi connectivity index (χ4v) is 3.34. The predicted molar refractivity (Wildman–Crippen MR) is 86.5 cm³/mol. The molecule has 22 heavy (non-hydrogen) atoms. The Bertz CT molecular complexity index is 654. The summed E-state index contributed by atoms with van der Waals surface area (Å²) in [5, 5.41) is 4.10. The molecule has 4 nitrogen and oxygen atoms in total. The van der Waals surface area contributed by atoms with Gasteiger partial charge in [0.25, 0.3) is 0 Å². The summed E-state index contributed by atoms with van der Waals surface area (Å²) in [6.45, 7) is 1.07. The molecule has 2 aromatic rings. The highest BCUT2D eigenvalue weighted by atomic mass is 32.1. The molecule has 0 unspecified atom stereocenters. The lowest BCUT2D eigenvalue weighted by Gasteiger charge is -2.28. The lowest BCUT2D eigenvalue weighted by molar-refractivity contribution is -0.136. The normalized spacial score (nSPS) is 16.5. The van der Waals surface area contributed by atoms with Crippen LogP contribution >= 0.6 is 11.3 Å². The molecule has 3 rings (SSSR count). The van der Waals surface area contributed by atoms with E-state index in [0.29, 0.717) is 19.6 Å². The van der Waals surface area contributed by atoms with Crippen molar-refractivity contribution in [3.8, 4) is 11.5 Å². The van der Waals surface area contributed by atoms with Gasteiger partial charge >= 0.3 is 0 Å². The van der Waals surface area contributed by atoms with E-state index in [1.807, 2.05) is 36.7 Å². The van der Waals surface area contributed by atoms with E-state index in [4.69, 9.17) is 9.47 Å². The molecule has 0 aliphatic carbocycles. The predicted octanol–water partition coefficient (Wildman–Crippen LogP) is 2.97. The number of fused-ring (bicyclic) bond motifs is 1. The molecule has 116 valence electrons. The molecule has 1 aromatic heterocycles. The molecular formula is C17H19NO3S. The second-order valence-corrected chi connectivity index (χ2v) is 6.29. The average molecular weight is 317 g/mol. The zero-order valence-electron chi connectivity index (χ0n) is 12.7. The van der Waals surface area contributed by atoms with Crippen LogP contribution in [0.4, 0.5) is 0 Å². The number of ether oxygens (including phenoxy) is 2. The van der Waals surface area contributed by atoms with Gasteiger partial charge in [-0.05, 0) is 40.4 Å². The molecule has 1 aliphatic heterocycles. The largest absolute Gasteiger partial charge is 0.497 e. The molecule has 0 fully saturated rings. The third kappa shape index (κ3) is 3.09. The van der Waals surface area contributed by atoms with Crippen LogP contribution in [0.15, 0.2) is 35.0 Å². The summed E-state index contributed by atoms with van der Waals surface area (Å²) in [4.78, 5) is 14.4. The second-order valence-electron chi connectivity index (χ2n) is 5.51. The monoisotopic (exact) mass is 317 g/mol. The number of hydrogen-bond acceptors (Lipinski definition) is 4. The van der Waals surface area contributed by atoms with Gasteiger partial charge in [0.15, 0.2) is 0 Å². The van der Waals surface area contributed by atoms with Crippen molar-refractivity contribution in [2.75, 3.05) is 20.8 Å². The Morgan fingerprint density at radius 1 is 1.45 bits per heavy atom. The standard InChI is InChI=1S/C17H19NO3S/c1-18(9-12-5-6-22-11-12)17(19)14-7-13-3-4-15(20-2)8-16(13)21-10-14/h3-6,8,11,14H,7,9-10H2,1-2H3/t14-/m0/s1. The number of methoxy groups -OCH3 is 1. The highest BCUT2D eigenvalue weighted by Crippen LogP contribution is 2.31. The number of nitrogens with zero attached hydrogens (tertiary/aromatic N) is 1. The first-order valence-electron chi connectivity index (χ1n) is 7.23. The van der Waals surface area contributed by atoms with E-state index >= 15 is 0 Å². The summed E-state index contributed by atoms with van der Waals surface area (Å²) < 4.78 is 11.0. The summed E-state index contributed by atoms with van der Waals surface area (Å²) in [7, 11) is 3.49. The van der Waals surface area contributed by atoms with Crippen LogP contribution in [0.1, 0.15) is 11.1 Å². The number of rotatable bonds is 4. The van der Waals surface area contributed by atoms with Gasteiger partial charge in [-0.15, -0.1) is 0 Å². The number of carbonyl (C=O) groups excluding carboxylic acids is 1. The molecule has 0 saturated carbocycles. The van der Waals surface area contributed by atoms with Gasteiger partial charge in [-0.1, -0.05) is 6.07 Å². The van der Waals surface area contributed by atoms with Crippen molar-refractivity contribution in [2.24, 2.45) is 5.92 Å². The van der Waals surface area contributed by atoms with Crippen LogP contribution in [-0.4, -0.2) is 31.6 Å². The van der Waals surface area contributed by atoms with E-state index in [1.165, 1.54) is 5.56 Å². The second kappa shape index (κ2) is 6.40. The fraction of sp³-hybridized carbons (Fsp3) is 0.353. The number of thiophene rings is 1. The summed E-state index contributed by atoms with van der Waals surface area (Å²) in [6.07, 6.45) is 0.714. The molecule has 1 aliphatic rings. The molecule has 0 saturated heterocycles. The molecule has 0 radical (unpaired) electrons. The molecule has 1 atom stereocenters. The molecule has 1 amide bonds. The Balaban J connectivity index is 1.67. The molecule has 2 heterocycles. The third-order valence-electron chi connectivity index (χ3n) is 3.91. The molecule has 0 spiro atoms. The van der Waals surface area contributed by atoms with Gasteiger partial charge in [0.05, 0.1) is 13.0 Å². The first kappa shape index (κ1) is 14.9. The summed E-state index contributed by atoms with van der Waals surface area (Å²) in [5.41, 5.74) is 2.23. The van der Waals surface area contributed by atoms with Crippen LogP contribution in [0.3, 0.4) is 0 Å². The average Bonchev–Trinajstić information content (AvgIpc) is 3.06. The topological polar surface area (TPSA) is 38.8 Å².